The van der Waals surface area contributed by atoms with Gasteiger partial charge in [-0.1, -0.05) is 48.0 Å². The van der Waals surface area contributed by atoms with E-state index >= 15 is 0 Å². The Hall–Kier alpha value is -2.57. The molecule has 0 spiro atoms. The summed E-state index contributed by atoms with van der Waals surface area (Å²) in [4.78, 5) is 25.7. The predicted molar refractivity (Wildman–Crippen MR) is 91.8 cm³/mol. The first kappa shape index (κ1) is 17.8. The maximum atomic E-state index is 12.6. The number of hydrogen-bond acceptors (Lipinski definition) is 3. The van der Waals surface area contributed by atoms with Crippen LogP contribution in [0, 0.1) is 0 Å². The van der Waals surface area contributed by atoms with Crippen LogP contribution < -0.4 is 10.8 Å². The van der Waals surface area contributed by atoms with Crippen LogP contribution in [0.5, 0.6) is 0 Å². The fraction of sp³-hybridized carbons (Fsp3) is 0.176. The van der Waals surface area contributed by atoms with Gasteiger partial charge in [-0.2, -0.15) is 0 Å². The van der Waals surface area contributed by atoms with Crippen LogP contribution in [0.3, 0.4) is 0 Å². The minimum Gasteiger partial charge on any atom is -0.308 e. The van der Waals surface area contributed by atoms with E-state index in [1.54, 1.807) is 29.7 Å². The molecule has 0 aliphatic rings. The third-order valence-electron chi connectivity index (χ3n) is 3.49. The first-order valence-corrected chi connectivity index (χ1v) is 7.70. The minimum absolute atomic E-state index is 0.210. The smallest absolute Gasteiger partial charge is 0.308 e. The highest BCUT2D eigenvalue weighted by molar-refractivity contribution is 6.30. The van der Waals surface area contributed by atoms with E-state index in [-0.39, 0.29) is 6.54 Å². The lowest BCUT2D eigenvalue weighted by Crippen LogP contribution is -2.48. The average Bonchev–Trinajstić information content (AvgIpc) is 2.59. The normalized spacial score (nSPS) is 11.5. The summed E-state index contributed by atoms with van der Waals surface area (Å²) in [5.74, 6) is -0.674. The highest BCUT2D eigenvalue weighted by atomic mass is 35.5. The molecular formula is C17H18ClN3O3. The second-order valence-electron chi connectivity index (χ2n) is 5.21. The molecular weight excluding hydrogens is 330 g/mol. The van der Waals surface area contributed by atoms with Crippen molar-refractivity contribution in [2.24, 2.45) is 0 Å². The number of benzene rings is 2. The van der Waals surface area contributed by atoms with Crippen LogP contribution in [0.1, 0.15) is 12.5 Å². The molecule has 0 saturated carbocycles. The molecule has 0 bridgehead atoms. The second-order valence-corrected chi connectivity index (χ2v) is 5.64. The van der Waals surface area contributed by atoms with E-state index in [1.807, 2.05) is 30.3 Å². The number of carbonyl (C=O) groups is 2. The lowest BCUT2D eigenvalue weighted by atomic mass is 10.2. The number of anilines is 1. The van der Waals surface area contributed by atoms with E-state index < -0.39 is 18.0 Å². The number of hydrogen-bond donors (Lipinski definition) is 3. The van der Waals surface area contributed by atoms with E-state index in [4.69, 9.17) is 16.8 Å². The molecule has 126 valence electrons. The molecule has 6 nitrogen and oxygen atoms in total. The lowest BCUT2D eigenvalue weighted by molar-refractivity contribution is -0.133. The van der Waals surface area contributed by atoms with Gasteiger partial charge in [-0.3, -0.25) is 10.0 Å². The summed E-state index contributed by atoms with van der Waals surface area (Å²) < 4.78 is 0. The molecule has 0 aromatic heterocycles. The lowest BCUT2D eigenvalue weighted by Gasteiger charge is -2.28. The largest absolute Gasteiger partial charge is 0.322 e. The van der Waals surface area contributed by atoms with Gasteiger partial charge >= 0.3 is 6.03 Å². The maximum Gasteiger partial charge on any atom is 0.322 e. The molecule has 0 heterocycles. The Morgan fingerprint density at radius 2 is 1.88 bits per heavy atom. The van der Waals surface area contributed by atoms with Crippen LogP contribution in [0.4, 0.5) is 10.5 Å². The van der Waals surface area contributed by atoms with Crippen LogP contribution in [0.15, 0.2) is 54.6 Å². The second kappa shape index (κ2) is 8.33. The summed E-state index contributed by atoms with van der Waals surface area (Å²) in [6.07, 6.45) is 0. The summed E-state index contributed by atoms with van der Waals surface area (Å²) in [6.45, 7) is 1.74. The zero-order valence-electron chi connectivity index (χ0n) is 13.1. The maximum absolute atomic E-state index is 12.6. The highest BCUT2D eigenvalue weighted by Gasteiger charge is 2.26. The molecule has 0 radical (unpaired) electrons. The monoisotopic (exact) mass is 347 g/mol. The molecule has 2 aromatic carbocycles. The third-order valence-corrected chi connectivity index (χ3v) is 3.72. The third kappa shape index (κ3) is 4.71. The molecule has 0 fully saturated rings. The van der Waals surface area contributed by atoms with Crippen LogP contribution in [0.2, 0.25) is 5.02 Å². The van der Waals surface area contributed by atoms with Crippen LogP contribution in [-0.4, -0.2) is 28.1 Å². The summed E-state index contributed by atoms with van der Waals surface area (Å²) in [5, 5.41) is 12.0. The number of halogens is 1. The number of rotatable bonds is 5. The molecule has 0 saturated heterocycles. The van der Waals surface area contributed by atoms with E-state index in [1.165, 1.54) is 11.8 Å². The van der Waals surface area contributed by atoms with Gasteiger partial charge in [0, 0.05) is 17.3 Å². The number of carbonyl (C=O) groups excluding carboxylic acids is 2. The van der Waals surface area contributed by atoms with Gasteiger partial charge in [0.2, 0.25) is 0 Å². The van der Waals surface area contributed by atoms with E-state index in [9.17, 15) is 9.59 Å². The van der Waals surface area contributed by atoms with Crippen molar-refractivity contribution in [3.63, 3.8) is 0 Å². The number of hydroxylamine groups is 1. The Kier molecular flexibility index (Phi) is 6.17. The fourth-order valence-electron chi connectivity index (χ4n) is 2.16. The summed E-state index contributed by atoms with van der Waals surface area (Å²) in [7, 11) is 0. The van der Waals surface area contributed by atoms with Crippen molar-refractivity contribution in [2.45, 2.75) is 19.5 Å². The van der Waals surface area contributed by atoms with Gasteiger partial charge in [-0.05, 0) is 30.7 Å². The summed E-state index contributed by atoms with van der Waals surface area (Å²) >= 11 is 5.91. The predicted octanol–water partition coefficient (Wildman–Crippen LogP) is 3.27. The zero-order chi connectivity index (χ0) is 17.5. The SMILES string of the molecule is C[C@@H](C(=O)NO)N(Cc1ccccc1)C(=O)Nc1cccc(Cl)c1. The van der Waals surface area contributed by atoms with Gasteiger partial charge in [0.1, 0.15) is 6.04 Å². The average molecular weight is 348 g/mol. The van der Waals surface area contributed by atoms with Gasteiger partial charge < -0.3 is 10.2 Å². The summed E-state index contributed by atoms with van der Waals surface area (Å²) in [6, 6.07) is 14.6. The molecule has 2 rings (SSSR count). The van der Waals surface area contributed by atoms with Crippen molar-refractivity contribution in [3.8, 4) is 0 Å². The Morgan fingerprint density at radius 1 is 1.17 bits per heavy atom. The van der Waals surface area contributed by atoms with Gasteiger partial charge in [-0.15, -0.1) is 0 Å². The van der Waals surface area contributed by atoms with E-state index in [0.717, 1.165) is 5.56 Å². The van der Waals surface area contributed by atoms with Gasteiger partial charge in [0.25, 0.3) is 5.91 Å². The Morgan fingerprint density at radius 3 is 2.50 bits per heavy atom. The molecule has 7 heteroatoms. The van der Waals surface area contributed by atoms with Gasteiger partial charge in [-0.25, -0.2) is 10.3 Å². The Balaban J connectivity index is 2.20. The molecule has 3 N–H and O–H groups in total. The van der Waals surface area contributed by atoms with Gasteiger partial charge in [0.15, 0.2) is 0 Å². The highest BCUT2D eigenvalue weighted by Crippen LogP contribution is 2.17. The van der Waals surface area contributed by atoms with Crippen LogP contribution in [-0.2, 0) is 11.3 Å². The topological polar surface area (TPSA) is 81.7 Å². The Bertz CT molecular complexity index is 709. The number of nitrogens with zero attached hydrogens (tertiary/aromatic N) is 1. The first-order chi connectivity index (χ1) is 11.5. The van der Waals surface area contributed by atoms with Crippen molar-refractivity contribution in [2.75, 3.05) is 5.32 Å². The molecule has 0 aliphatic heterocycles. The fourth-order valence-corrected chi connectivity index (χ4v) is 2.35. The van der Waals surface area contributed by atoms with Gasteiger partial charge in [0.05, 0.1) is 0 Å². The molecule has 24 heavy (non-hydrogen) atoms. The Labute approximate surface area is 145 Å². The van der Waals surface area contributed by atoms with E-state index in [0.29, 0.717) is 10.7 Å². The van der Waals surface area contributed by atoms with Crippen molar-refractivity contribution in [1.82, 2.24) is 10.4 Å². The molecule has 0 unspecified atom stereocenters. The van der Waals surface area contributed by atoms with Crippen molar-refractivity contribution >= 4 is 29.2 Å². The van der Waals surface area contributed by atoms with Crippen LogP contribution >= 0.6 is 11.6 Å². The van der Waals surface area contributed by atoms with Crippen molar-refractivity contribution < 1.29 is 14.8 Å². The van der Waals surface area contributed by atoms with Crippen molar-refractivity contribution in [3.05, 3.63) is 65.2 Å². The minimum atomic E-state index is -0.866. The van der Waals surface area contributed by atoms with E-state index in [2.05, 4.69) is 5.32 Å². The van der Waals surface area contributed by atoms with Crippen molar-refractivity contribution in [1.29, 1.82) is 0 Å². The molecule has 3 amide bonds. The van der Waals surface area contributed by atoms with Crippen LogP contribution in [0.25, 0.3) is 0 Å². The number of urea groups is 1. The standard InChI is InChI=1S/C17H18ClN3O3/c1-12(16(22)20-24)21(11-13-6-3-2-4-7-13)17(23)19-15-9-5-8-14(18)10-15/h2-10,12,24H,11H2,1H3,(H,19,23)(H,20,22)/t12-/m0/s1. The molecule has 1 atom stereocenters. The quantitative estimate of drug-likeness (QED) is 0.573. The zero-order valence-corrected chi connectivity index (χ0v) is 13.8. The number of nitrogens with one attached hydrogen (secondary N) is 2. The molecule has 0 aliphatic carbocycles. The molecule has 2 aromatic rings. The summed E-state index contributed by atoms with van der Waals surface area (Å²) in [5.41, 5.74) is 2.95. The first-order valence-electron chi connectivity index (χ1n) is 7.32. The number of amides is 3.